The zero-order chi connectivity index (χ0) is 14.7. The van der Waals surface area contributed by atoms with Crippen LogP contribution in [0.1, 0.15) is 25.2 Å². The Bertz CT molecular complexity index is 434. The summed E-state index contributed by atoms with van der Waals surface area (Å²) in [6.45, 7) is 3.25. The maximum absolute atomic E-state index is 5.94. The molecule has 0 spiro atoms. The normalized spacial score (nSPS) is 34.2. The Labute approximate surface area is 125 Å². The molecule has 5 nitrogen and oxygen atoms in total. The van der Waals surface area contributed by atoms with Crippen LogP contribution in [-0.4, -0.2) is 44.9 Å². The van der Waals surface area contributed by atoms with Crippen LogP contribution in [-0.2, 0) is 23.7 Å². The van der Waals surface area contributed by atoms with Crippen molar-refractivity contribution in [2.24, 2.45) is 0 Å². The molecular formula is C16H22O5. The van der Waals surface area contributed by atoms with Crippen LogP contribution in [0.4, 0.5) is 0 Å². The molecule has 1 aromatic carbocycles. The lowest BCUT2D eigenvalue weighted by Gasteiger charge is -2.39. The second-order valence-electron chi connectivity index (χ2n) is 5.39. The van der Waals surface area contributed by atoms with E-state index in [9.17, 15) is 0 Å². The lowest BCUT2D eigenvalue weighted by atomic mass is 10.1. The summed E-state index contributed by atoms with van der Waals surface area (Å²) in [6.07, 6.45) is 0.0806. The van der Waals surface area contributed by atoms with Crippen LogP contribution < -0.4 is 0 Å². The van der Waals surface area contributed by atoms with E-state index in [-0.39, 0.29) is 30.9 Å². The van der Waals surface area contributed by atoms with E-state index in [0.717, 1.165) is 18.6 Å². The highest BCUT2D eigenvalue weighted by atomic mass is 16.7. The smallest absolute Gasteiger partial charge is 0.184 e. The van der Waals surface area contributed by atoms with E-state index in [2.05, 4.69) is 0 Å². The molecule has 2 aliphatic rings. The van der Waals surface area contributed by atoms with Gasteiger partial charge < -0.3 is 23.7 Å². The topological polar surface area (TPSA) is 46.2 Å². The number of hydrogen-bond donors (Lipinski definition) is 0. The molecule has 1 aromatic rings. The van der Waals surface area contributed by atoms with E-state index in [4.69, 9.17) is 23.7 Å². The minimum Gasteiger partial charge on any atom is -0.373 e. The molecule has 0 N–H and O–H groups in total. The number of methoxy groups -OCH3 is 1. The second-order valence-corrected chi connectivity index (χ2v) is 5.39. The Morgan fingerprint density at radius 3 is 2.52 bits per heavy atom. The highest BCUT2D eigenvalue weighted by Gasteiger charge is 2.36. The summed E-state index contributed by atoms with van der Waals surface area (Å²) >= 11 is 0. The van der Waals surface area contributed by atoms with E-state index in [1.807, 2.05) is 37.3 Å². The Hall–Kier alpha value is -0.980. The van der Waals surface area contributed by atoms with Gasteiger partial charge in [-0.2, -0.15) is 0 Å². The lowest BCUT2D eigenvalue weighted by Crippen LogP contribution is -2.48. The minimum absolute atomic E-state index is 0.0223. The standard InChI is InChI=1S/C16H22O5/c1-11-14(21-16(17-2)13-8-9-18-13)10-19-15(20-11)12-6-4-3-5-7-12/h3-7,11,13-16H,8-10H2,1-2H3/t11-,13?,14?,15+,16-/m0/s1. The van der Waals surface area contributed by atoms with Gasteiger partial charge in [-0.3, -0.25) is 0 Å². The van der Waals surface area contributed by atoms with Crippen LogP contribution in [0.15, 0.2) is 30.3 Å². The quantitative estimate of drug-likeness (QED) is 0.780. The van der Waals surface area contributed by atoms with Crippen LogP contribution in [0.2, 0.25) is 0 Å². The van der Waals surface area contributed by atoms with Gasteiger partial charge in [-0.25, -0.2) is 0 Å². The molecule has 2 aliphatic heterocycles. The zero-order valence-electron chi connectivity index (χ0n) is 12.4. The Morgan fingerprint density at radius 1 is 1.19 bits per heavy atom. The first kappa shape index (κ1) is 14.9. The number of hydrogen-bond acceptors (Lipinski definition) is 5. The Kier molecular flexibility index (Phi) is 4.87. The molecule has 5 heteroatoms. The summed E-state index contributed by atoms with van der Waals surface area (Å²) in [5, 5.41) is 0. The molecule has 0 aromatic heterocycles. The molecule has 2 unspecified atom stereocenters. The van der Waals surface area contributed by atoms with Crippen molar-refractivity contribution in [1.29, 1.82) is 0 Å². The molecule has 2 heterocycles. The van der Waals surface area contributed by atoms with E-state index < -0.39 is 0 Å². The van der Waals surface area contributed by atoms with Crippen LogP contribution in [0.3, 0.4) is 0 Å². The zero-order valence-corrected chi connectivity index (χ0v) is 12.4. The SMILES string of the molecule is CO[C@@H](OC1CO[C@@H](c2ccccc2)O[C@H]1C)C1CCO1. The van der Waals surface area contributed by atoms with E-state index in [1.165, 1.54) is 0 Å². The molecule has 0 radical (unpaired) electrons. The minimum atomic E-state index is -0.355. The summed E-state index contributed by atoms with van der Waals surface area (Å²) in [6, 6.07) is 9.93. The fourth-order valence-electron chi connectivity index (χ4n) is 2.51. The van der Waals surface area contributed by atoms with E-state index in [1.54, 1.807) is 7.11 Å². The van der Waals surface area contributed by atoms with Gasteiger partial charge in [0.05, 0.1) is 12.7 Å². The lowest BCUT2D eigenvalue weighted by molar-refractivity contribution is -0.311. The first-order chi connectivity index (χ1) is 10.3. The number of ether oxygens (including phenoxy) is 5. The van der Waals surface area contributed by atoms with E-state index in [0.29, 0.717) is 6.61 Å². The van der Waals surface area contributed by atoms with Gasteiger partial charge in [0.1, 0.15) is 12.2 Å². The van der Waals surface area contributed by atoms with Gasteiger partial charge in [0, 0.05) is 25.7 Å². The first-order valence-electron chi connectivity index (χ1n) is 7.40. The fraction of sp³-hybridized carbons (Fsp3) is 0.625. The van der Waals surface area contributed by atoms with Crippen molar-refractivity contribution in [1.82, 2.24) is 0 Å². The first-order valence-corrected chi connectivity index (χ1v) is 7.40. The Morgan fingerprint density at radius 2 is 1.95 bits per heavy atom. The highest BCUT2D eigenvalue weighted by Crippen LogP contribution is 2.29. The van der Waals surface area contributed by atoms with Crippen molar-refractivity contribution in [3.05, 3.63) is 35.9 Å². The largest absolute Gasteiger partial charge is 0.373 e. The summed E-state index contributed by atoms with van der Waals surface area (Å²) in [7, 11) is 1.63. The summed E-state index contributed by atoms with van der Waals surface area (Å²) < 4.78 is 28.4. The van der Waals surface area contributed by atoms with Crippen LogP contribution >= 0.6 is 0 Å². The predicted octanol–water partition coefficient (Wildman–Crippen LogP) is 2.27. The van der Waals surface area contributed by atoms with Gasteiger partial charge in [0.15, 0.2) is 12.6 Å². The molecule has 2 saturated heterocycles. The molecule has 116 valence electrons. The maximum atomic E-state index is 5.94. The highest BCUT2D eigenvalue weighted by molar-refractivity contribution is 5.16. The van der Waals surface area contributed by atoms with Gasteiger partial charge in [0.25, 0.3) is 0 Å². The Balaban J connectivity index is 1.55. The van der Waals surface area contributed by atoms with Crippen molar-refractivity contribution < 1.29 is 23.7 Å². The molecule has 0 bridgehead atoms. The molecule has 21 heavy (non-hydrogen) atoms. The van der Waals surface area contributed by atoms with Gasteiger partial charge in [0.2, 0.25) is 0 Å². The number of benzene rings is 1. The van der Waals surface area contributed by atoms with Crippen LogP contribution in [0, 0.1) is 0 Å². The van der Waals surface area contributed by atoms with Crippen LogP contribution in [0.5, 0.6) is 0 Å². The van der Waals surface area contributed by atoms with Crippen molar-refractivity contribution in [3.8, 4) is 0 Å². The van der Waals surface area contributed by atoms with Crippen molar-refractivity contribution >= 4 is 0 Å². The van der Waals surface area contributed by atoms with Crippen molar-refractivity contribution in [3.63, 3.8) is 0 Å². The third-order valence-electron chi connectivity index (χ3n) is 3.92. The molecule has 5 atom stereocenters. The molecular weight excluding hydrogens is 272 g/mol. The molecule has 0 aliphatic carbocycles. The van der Waals surface area contributed by atoms with Crippen molar-refractivity contribution in [2.45, 2.75) is 44.2 Å². The third-order valence-corrected chi connectivity index (χ3v) is 3.92. The molecule has 0 saturated carbocycles. The van der Waals surface area contributed by atoms with Crippen LogP contribution in [0.25, 0.3) is 0 Å². The average molecular weight is 294 g/mol. The van der Waals surface area contributed by atoms with Gasteiger partial charge in [-0.05, 0) is 6.92 Å². The summed E-state index contributed by atoms with van der Waals surface area (Å²) in [5.41, 5.74) is 1.02. The molecule has 3 rings (SSSR count). The summed E-state index contributed by atoms with van der Waals surface area (Å²) in [4.78, 5) is 0. The average Bonchev–Trinajstić information content (AvgIpc) is 2.47. The second kappa shape index (κ2) is 6.85. The van der Waals surface area contributed by atoms with Gasteiger partial charge >= 0.3 is 0 Å². The van der Waals surface area contributed by atoms with Gasteiger partial charge in [-0.1, -0.05) is 30.3 Å². The van der Waals surface area contributed by atoms with Gasteiger partial charge in [-0.15, -0.1) is 0 Å². The monoisotopic (exact) mass is 294 g/mol. The molecule has 0 amide bonds. The summed E-state index contributed by atoms with van der Waals surface area (Å²) in [5.74, 6) is 0. The van der Waals surface area contributed by atoms with Crippen molar-refractivity contribution in [2.75, 3.05) is 20.3 Å². The number of rotatable bonds is 5. The maximum Gasteiger partial charge on any atom is 0.184 e. The molecule has 2 fully saturated rings. The fourth-order valence-corrected chi connectivity index (χ4v) is 2.51. The van der Waals surface area contributed by atoms with E-state index >= 15 is 0 Å². The third kappa shape index (κ3) is 3.44. The predicted molar refractivity (Wildman–Crippen MR) is 75.7 cm³/mol.